The molecule has 168 valence electrons. The van der Waals surface area contributed by atoms with E-state index in [1.54, 1.807) is 24.3 Å². The van der Waals surface area contributed by atoms with Gasteiger partial charge in [-0.3, -0.25) is 9.59 Å². The Morgan fingerprint density at radius 1 is 0.879 bits per heavy atom. The van der Waals surface area contributed by atoms with Crippen molar-refractivity contribution in [3.63, 3.8) is 0 Å². The highest BCUT2D eigenvalue weighted by atomic mass is 35.5. The zero-order chi connectivity index (χ0) is 22.9. The second kappa shape index (κ2) is 9.08. The minimum absolute atomic E-state index is 0.117. The van der Waals surface area contributed by atoms with Crippen LogP contribution >= 0.6 is 23.2 Å². The van der Waals surface area contributed by atoms with Gasteiger partial charge < -0.3 is 15.5 Å². The lowest BCUT2D eigenvalue weighted by molar-refractivity contribution is 0.0950. The van der Waals surface area contributed by atoms with E-state index in [9.17, 15) is 9.59 Å². The fraction of sp³-hybridized carbons (Fsp3) is 0.231. The third-order valence-electron chi connectivity index (χ3n) is 6.01. The van der Waals surface area contributed by atoms with E-state index in [0.717, 1.165) is 38.0 Å². The largest absolute Gasteiger partial charge is 0.366 e. The van der Waals surface area contributed by atoms with E-state index >= 15 is 0 Å². The highest BCUT2D eigenvalue weighted by Gasteiger charge is 2.27. The molecule has 0 saturated heterocycles. The molecule has 0 bridgehead atoms. The summed E-state index contributed by atoms with van der Waals surface area (Å²) < 4.78 is 0. The predicted molar refractivity (Wildman–Crippen MR) is 133 cm³/mol. The summed E-state index contributed by atoms with van der Waals surface area (Å²) >= 11 is 12.1. The highest BCUT2D eigenvalue weighted by molar-refractivity contribution is 6.35. The number of fused-ring (bicyclic) bond motifs is 1. The van der Waals surface area contributed by atoms with Crippen molar-refractivity contribution in [2.24, 2.45) is 0 Å². The van der Waals surface area contributed by atoms with Gasteiger partial charge in [-0.15, -0.1) is 0 Å². The normalized spacial score (nSPS) is 15.0. The fourth-order valence-electron chi connectivity index (χ4n) is 4.15. The van der Waals surface area contributed by atoms with Gasteiger partial charge in [0, 0.05) is 46.1 Å². The lowest BCUT2D eigenvalue weighted by atomic mass is 9.98. The topological polar surface area (TPSA) is 61.4 Å². The predicted octanol–water partition coefficient (Wildman–Crippen LogP) is 5.70. The summed E-state index contributed by atoms with van der Waals surface area (Å²) in [5.74, 6) is -0.458. The molecule has 0 radical (unpaired) electrons. The summed E-state index contributed by atoms with van der Waals surface area (Å²) in [6, 6.07) is 18.8. The molecule has 0 unspecified atom stereocenters. The van der Waals surface area contributed by atoms with Gasteiger partial charge in [0.25, 0.3) is 11.8 Å². The van der Waals surface area contributed by atoms with E-state index in [4.69, 9.17) is 23.2 Å². The first kappa shape index (κ1) is 21.8. The summed E-state index contributed by atoms with van der Waals surface area (Å²) in [6.45, 7) is 1.57. The van der Waals surface area contributed by atoms with Crippen molar-refractivity contribution in [2.75, 3.05) is 16.8 Å². The number of rotatable bonds is 5. The molecule has 33 heavy (non-hydrogen) atoms. The van der Waals surface area contributed by atoms with E-state index in [0.29, 0.717) is 26.9 Å². The van der Waals surface area contributed by atoms with Gasteiger partial charge in [0.1, 0.15) is 0 Å². The number of hydrogen-bond donors (Lipinski definition) is 2. The zero-order valence-corrected chi connectivity index (χ0v) is 19.4. The quantitative estimate of drug-likeness (QED) is 0.493. The molecule has 1 heterocycles. The molecule has 1 aliphatic carbocycles. The van der Waals surface area contributed by atoms with Gasteiger partial charge in [-0.25, -0.2) is 0 Å². The Morgan fingerprint density at radius 2 is 1.61 bits per heavy atom. The lowest BCUT2D eigenvalue weighted by Crippen LogP contribution is -2.33. The van der Waals surface area contributed by atoms with Crippen LogP contribution in [0.5, 0.6) is 0 Å². The van der Waals surface area contributed by atoms with Crippen molar-refractivity contribution in [2.45, 2.75) is 31.8 Å². The second-order valence-electron chi connectivity index (χ2n) is 8.53. The van der Waals surface area contributed by atoms with E-state index in [2.05, 4.69) is 33.7 Å². The van der Waals surface area contributed by atoms with Crippen LogP contribution < -0.4 is 15.5 Å². The van der Waals surface area contributed by atoms with Crippen molar-refractivity contribution in [1.29, 1.82) is 0 Å². The fourth-order valence-corrected chi connectivity index (χ4v) is 4.68. The smallest absolute Gasteiger partial charge is 0.255 e. The number of carbonyl (C=O) groups is 2. The highest BCUT2D eigenvalue weighted by Crippen LogP contribution is 2.31. The Kier molecular flexibility index (Phi) is 6.00. The molecule has 1 saturated carbocycles. The van der Waals surface area contributed by atoms with Crippen LogP contribution in [0.25, 0.3) is 0 Å². The molecule has 5 nitrogen and oxygen atoms in total. The maximum atomic E-state index is 13.1. The molecular weight excluding hydrogens is 457 g/mol. The third-order valence-corrected chi connectivity index (χ3v) is 6.44. The van der Waals surface area contributed by atoms with Crippen LogP contribution in [0, 0.1) is 0 Å². The van der Waals surface area contributed by atoms with E-state index in [1.807, 2.05) is 18.2 Å². The van der Waals surface area contributed by atoms with Crippen LogP contribution in [-0.4, -0.2) is 24.4 Å². The minimum Gasteiger partial charge on any atom is -0.366 e. The molecule has 1 aliphatic heterocycles. The van der Waals surface area contributed by atoms with Gasteiger partial charge in [0.15, 0.2) is 0 Å². The number of nitrogens with zero attached hydrogens (tertiary/aromatic N) is 1. The summed E-state index contributed by atoms with van der Waals surface area (Å²) in [5, 5.41) is 6.72. The van der Waals surface area contributed by atoms with Crippen LogP contribution in [0.4, 0.5) is 11.4 Å². The van der Waals surface area contributed by atoms with Crippen molar-refractivity contribution >= 4 is 46.4 Å². The summed E-state index contributed by atoms with van der Waals surface area (Å²) in [7, 11) is 0. The maximum absolute atomic E-state index is 13.1. The van der Waals surface area contributed by atoms with Gasteiger partial charge in [-0.1, -0.05) is 47.5 Å². The van der Waals surface area contributed by atoms with Gasteiger partial charge in [0.2, 0.25) is 0 Å². The summed E-state index contributed by atoms with van der Waals surface area (Å²) in [6.07, 6.45) is 2.93. The van der Waals surface area contributed by atoms with Crippen LogP contribution in [0.2, 0.25) is 10.0 Å². The monoisotopic (exact) mass is 479 g/mol. The van der Waals surface area contributed by atoms with Crippen LogP contribution in [0.3, 0.4) is 0 Å². The van der Waals surface area contributed by atoms with Gasteiger partial charge in [0.05, 0.1) is 5.56 Å². The Morgan fingerprint density at radius 3 is 2.33 bits per heavy atom. The van der Waals surface area contributed by atoms with Crippen molar-refractivity contribution in [1.82, 2.24) is 5.32 Å². The Hall–Kier alpha value is -3.02. The molecule has 7 heteroatoms. The summed E-state index contributed by atoms with van der Waals surface area (Å²) in [5.41, 5.74) is 4.94. The first-order chi connectivity index (χ1) is 16.0. The van der Waals surface area contributed by atoms with Gasteiger partial charge in [-0.2, -0.15) is 0 Å². The summed E-state index contributed by atoms with van der Waals surface area (Å²) in [4.78, 5) is 28.1. The first-order valence-corrected chi connectivity index (χ1v) is 11.8. The number of amides is 2. The Balaban J connectivity index is 1.43. The molecule has 2 N–H and O–H groups in total. The molecule has 1 fully saturated rings. The Labute approximate surface area is 202 Å². The number of carbonyl (C=O) groups excluding carboxylic acids is 2. The molecular formula is C26H23Cl2N3O2. The molecule has 3 aromatic carbocycles. The van der Waals surface area contributed by atoms with E-state index < -0.39 is 0 Å². The van der Waals surface area contributed by atoms with Crippen LogP contribution in [-0.2, 0) is 13.0 Å². The number of hydrogen-bond acceptors (Lipinski definition) is 3. The molecule has 5 rings (SSSR count). The van der Waals surface area contributed by atoms with E-state index in [-0.39, 0.29) is 17.9 Å². The van der Waals surface area contributed by atoms with Crippen molar-refractivity contribution < 1.29 is 9.59 Å². The molecule has 2 amide bonds. The first-order valence-electron chi connectivity index (χ1n) is 11.0. The third kappa shape index (κ3) is 5.00. The lowest BCUT2D eigenvalue weighted by Gasteiger charge is -2.32. The standard InChI is InChI=1S/C26H23Cl2N3O2/c27-19-11-18(12-20(28)13-19)25(32)30-22-7-8-24(23(14-22)26(33)29-21-5-6-21)31-10-9-16-3-1-2-4-17(16)15-31/h1-4,7-8,11-14,21H,5-6,9-10,15H2,(H,29,33)(H,30,32). The van der Waals surface area contributed by atoms with Crippen molar-refractivity contribution in [3.05, 3.63) is 93.0 Å². The number of nitrogens with one attached hydrogen (secondary N) is 2. The van der Waals surface area contributed by atoms with Crippen LogP contribution in [0.15, 0.2) is 60.7 Å². The second-order valence-corrected chi connectivity index (χ2v) is 9.41. The minimum atomic E-state index is -0.340. The van der Waals surface area contributed by atoms with Crippen LogP contribution in [0.1, 0.15) is 44.7 Å². The van der Waals surface area contributed by atoms with Crippen molar-refractivity contribution in [3.8, 4) is 0 Å². The molecule has 0 spiro atoms. The van der Waals surface area contributed by atoms with Gasteiger partial charge >= 0.3 is 0 Å². The van der Waals surface area contributed by atoms with E-state index in [1.165, 1.54) is 11.1 Å². The average molecular weight is 480 g/mol. The van der Waals surface area contributed by atoms with Gasteiger partial charge in [-0.05, 0) is 66.8 Å². The maximum Gasteiger partial charge on any atom is 0.255 e. The SMILES string of the molecule is O=C(Nc1ccc(N2CCc3ccccc3C2)c(C(=O)NC2CC2)c1)c1cc(Cl)cc(Cl)c1. The number of halogens is 2. The zero-order valence-electron chi connectivity index (χ0n) is 17.9. The molecule has 0 atom stereocenters. The Bertz CT molecular complexity index is 1220. The molecule has 3 aromatic rings. The average Bonchev–Trinajstić information content (AvgIpc) is 3.62. The number of anilines is 2. The number of benzene rings is 3. The molecule has 0 aromatic heterocycles. The molecule has 2 aliphatic rings.